The van der Waals surface area contributed by atoms with E-state index in [0.29, 0.717) is 10.6 Å². The molecule has 0 bridgehead atoms. The van der Waals surface area contributed by atoms with Crippen molar-refractivity contribution in [2.45, 2.75) is 5.75 Å². The van der Waals surface area contributed by atoms with Crippen LogP contribution in [0.4, 0.5) is 0 Å². The van der Waals surface area contributed by atoms with Crippen molar-refractivity contribution in [1.29, 1.82) is 0 Å². The van der Waals surface area contributed by atoms with Gasteiger partial charge in [0.1, 0.15) is 0 Å². The summed E-state index contributed by atoms with van der Waals surface area (Å²) in [5.74, 6) is -0.0477. The molecule has 0 aromatic heterocycles. The molecule has 2 rings (SSSR count). The predicted octanol–water partition coefficient (Wildman–Crippen LogP) is 3.39. The van der Waals surface area contributed by atoms with Gasteiger partial charge in [0, 0.05) is 10.8 Å². The van der Waals surface area contributed by atoms with Crippen LogP contribution in [0.25, 0.3) is 11.1 Å². The van der Waals surface area contributed by atoms with Gasteiger partial charge in [0.05, 0.1) is 0 Å². The van der Waals surface area contributed by atoms with E-state index in [0.717, 1.165) is 11.1 Å². The molecule has 0 N–H and O–H groups in total. The first-order chi connectivity index (χ1) is 8.16. The van der Waals surface area contributed by atoms with Gasteiger partial charge in [0.25, 0.3) is 0 Å². The highest BCUT2D eigenvalue weighted by molar-refractivity contribution is 7.78. The Bertz CT molecular complexity index is 540. The first-order valence-corrected chi connectivity index (χ1v) is 6.69. The highest BCUT2D eigenvalue weighted by Crippen LogP contribution is 2.26. The predicted molar refractivity (Wildman–Crippen MR) is 69.5 cm³/mol. The number of benzene rings is 2. The lowest BCUT2D eigenvalue weighted by atomic mass is 10.0. The van der Waals surface area contributed by atoms with E-state index >= 15 is 0 Å². The fourth-order valence-electron chi connectivity index (χ4n) is 1.60. The van der Waals surface area contributed by atoms with Crippen LogP contribution in [-0.4, -0.2) is 8.76 Å². The highest BCUT2D eigenvalue weighted by atomic mass is 35.5. The fraction of sp³-hybridized carbons (Fsp3) is 0.0769. The Morgan fingerprint density at radius 2 is 1.76 bits per heavy atom. The third kappa shape index (κ3) is 3.16. The van der Waals surface area contributed by atoms with Crippen LogP contribution in [0, 0.1) is 0 Å². The molecule has 1 atom stereocenters. The maximum Gasteiger partial charge on any atom is 0.0453 e. The lowest BCUT2D eigenvalue weighted by Crippen LogP contribution is -1.94. The minimum Gasteiger partial charge on any atom is -0.772 e. The van der Waals surface area contributed by atoms with Crippen LogP contribution < -0.4 is 0 Å². The Labute approximate surface area is 108 Å². The van der Waals surface area contributed by atoms with Gasteiger partial charge in [-0.2, -0.15) is 0 Å². The summed E-state index contributed by atoms with van der Waals surface area (Å²) >= 11 is 3.94. The molecule has 4 heteroatoms. The summed E-state index contributed by atoms with van der Waals surface area (Å²) in [5.41, 5.74) is 2.67. The van der Waals surface area contributed by atoms with E-state index < -0.39 is 11.1 Å². The minimum absolute atomic E-state index is 0.0477. The summed E-state index contributed by atoms with van der Waals surface area (Å²) < 4.78 is 21.2. The summed E-state index contributed by atoms with van der Waals surface area (Å²) in [4.78, 5) is 0. The summed E-state index contributed by atoms with van der Waals surface area (Å²) in [6.07, 6.45) is 0. The van der Waals surface area contributed by atoms with Crippen molar-refractivity contribution in [3.63, 3.8) is 0 Å². The molecule has 0 heterocycles. The zero-order valence-electron chi connectivity index (χ0n) is 8.93. The average molecular weight is 266 g/mol. The van der Waals surface area contributed by atoms with Crippen LogP contribution in [0.3, 0.4) is 0 Å². The zero-order chi connectivity index (χ0) is 12.3. The van der Waals surface area contributed by atoms with E-state index in [9.17, 15) is 8.76 Å². The van der Waals surface area contributed by atoms with E-state index in [1.54, 1.807) is 12.1 Å². The van der Waals surface area contributed by atoms with Gasteiger partial charge >= 0.3 is 0 Å². The molecule has 0 aliphatic carbocycles. The number of hydrogen-bond acceptors (Lipinski definition) is 2. The third-order valence-corrected chi connectivity index (χ3v) is 3.33. The Morgan fingerprint density at radius 1 is 1.06 bits per heavy atom. The molecule has 0 saturated heterocycles. The maximum atomic E-state index is 10.6. The van der Waals surface area contributed by atoms with E-state index in [-0.39, 0.29) is 5.75 Å². The van der Waals surface area contributed by atoms with Crippen molar-refractivity contribution < 1.29 is 8.76 Å². The van der Waals surface area contributed by atoms with Crippen molar-refractivity contribution in [2.75, 3.05) is 0 Å². The Kier molecular flexibility index (Phi) is 3.94. The maximum absolute atomic E-state index is 10.6. The second-order valence-electron chi connectivity index (χ2n) is 3.62. The van der Waals surface area contributed by atoms with Crippen LogP contribution in [0.5, 0.6) is 0 Å². The topological polar surface area (TPSA) is 40.1 Å². The van der Waals surface area contributed by atoms with Crippen molar-refractivity contribution in [1.82, 2.24) is 0 Å². The molecule has 0 amide bonds. The summed E-state index contributed by atoms with van der Waals surface area (Å²) in [7, 11) is 0. The summed E-state index contributed by atoms with van der Waals surface area (Å²) in [6, 6.07) is 15.2. The molecular weight excluding hydrogens is 256 g/mol. The standard InChI is InChI=1S/C13H11ClO2S/c14-13-8-11(10-4-2-1-3-5-10)6-7-12(13)9-17(15)16/h1-8H,9H2,(H,15,16)/p-1. The molecule has 1 unspecified atom stereocenters. The van der Waals surface area contributed by atoms with Gasteiger partial charge in [-0.15, -0.1) is 0 Å². The van der Waals surface area contributed by atoms with Crippen LogP contribution >= 0.6 is 11.6 Å². The summed E-state index contributed by atoms with van der Waals surface area (Å²) in [6.45, 7) is 0. The first kappa shape index (κ1) is 12.3. The van der Waals surface area contributed by atoms with Gasteiger partial charge in [0.2, 0.25) is 0 Å². The second kappa shape index (κ2) is 5.45. The van der Waals surface area contributed by atoms with Gasteiger partial charge < -0.3 is 4.55 Å². The van der Waals surface area contributed by atoms with Gasteiger partial charge in [-0.1, -0.05) is 65.1 Å². The number of halogens is 1. The van der Waals surface area contributed by atoms with Crippen LogP contribution in [-0.2, 0) is 16.8 Å². The van der Waals surface area contributed by atoms with E-state index in [2.05, 4.69) is 0 Å². The highest BCUT2D eigenvalue weighted by Gasteiger charge is 2.03. The minimum atomic E-state index is -2.11. The largest absolute Gasteiger partial charge is 0.772 e. The smallest absolute Gasteiger partial charge is 0.0453 e. The lowest BCUT2D eigenvalue weighted by molar-refractivity contribution is 0.536. The molecule has 0 spiro atoms. The molecule has 0 fully saturated rings. The van der Waals surface area contributed by atoms with Gasteiger partial charge in [0.15, 0.2) is 0 Å². The fourth-order valence-corrected chi connectivity index (χ4v) is 2.43. The van der Waals surface area contributed by atoms with Crippen LogP contribution in [0.2, 0.25) is 5.02 Å². The molecule has 0 saturated carbocycles. The Balaban J connectivity index is 2.34. The van der Waals surface area contributed by atoms with Crippen molar-refractivity contribution in [3.8, 4) is 11.1 Å². The molecule has 0 radical (unpaired) electrons. The zero-order valence-corrected chi connectivity index (χ0v) is 10.5. The molecule has 0 aliphatic heterocycles. The lowest BCUT2D eigenvalue weighted by Gasteiger charge is -2.09. The van der Waals surface area contributed by atoms with Gasteiger partial charge in [-0.25, -0.2) is 0 Å². The van der Waals surface area contributed by atoms with Gasteiger partial charge in [-0.3, -0.25) is 4.21 Å². The molecular formula is C13H10ClO2S-. The van der Waals surface area contributed by atoms with Crippen LogP contribution in [0.15, 0.2) is 48.5 Å². The second-order valence-corrected chi connectivity index (χ2v) is 4.92. The molecule has 2 nitrogen and oxygen atoms in total. The molecule has 0 aliphatic rings. The van der Waals surface area contributed by atoms with Crippen LogP contribution in [0.1, 0.15) is 5.56 Å². The Hall–Kier alpha value is -1.16. The third-order valence-electron chi connectivity index (χ3n) is 2.43. The van der Waals surface area contributed by atoms with Crippen molar-refractivity contribution >= 4 is 22.7 Å². The SMILES string of the molecule is O=S([O-])Cc1ccc(-c2ccccc2)cc1Cl. The van der Waals surface area contributed by atoms with Crippen molar-refractivity contribution in [2.24, 2.45) is 0 Å². The summed E-state index contributed by atoms with van der Waals surface area (Å²) in [5, 5.41) is 0.482. The molecule has 2 aromatic carbocycles. The molecule has 88 valence electrons. The quantitative estimate of drug-likeness (QED) is 0.798. The number of rotatable bonds is 3. The average Bonchev–Trinajstić information content (AvgIpc) is 2.32. The number of hydrogen-bond donors (Lipinski definition) is 0. The monoisotopic (exact) mass is 265 g/mol. The van der Waals surface area contributed by atoms with E-state index in [1.165, 1.54) is 0 Å². The Morgan fingerprint density at radius 3 is 2.35 bits per heavy atom. The normalized spacial score (nSPS) is 12.4. The first-order valence-electron chi connectivity index (χ1n) is 5.06. The van der Waals surface area contributed by atoms with Crippen molar-refractivity contribution in [3.05, 3.63) is 59.1 Å². The van der Waals surface area contributed by atoms with E-state index in [4.69, 9.17) is 11.6 Å². The molecule has 17 heavy (non-hydrogen) atoms. The van der Waals surface area contributed by atoms with E-state index in [1.807, 2.05) is 36.4 Å². The molecule has 2 aromatic rings. The van der Waals surface area contributed by atoms with Gasteiger partial charge in [-0.05, 0) is 22.8 Å².